The van der Waals surface area contributed by atoms with Crippen molar-refractivity contribution in [3.8, 4) is 5.69 Å². The Morgan fingerprint density at radius 2 is 0.815 bits per heavy atom. The zero-order valence-electron chi connectivity index (χ0n) is 35.9. The first-order valence-corrected chi connectivity index (χ1v) is 22.2. The van der Waals surface area contributed by atoms with Gasteiger partial charge in [-0.1, -0.05) is 103 Å². The molecule has 0 atom stereocenters. The van der Waals surface area contributed by atoms with E-state index >= 15 is 0 Å². The Kier molecular flexibility index (Phi) is 8.27. The van der Waals surface area contributed by atoms with Gasteiger partial charge in [-0.2, -0.15) is 0 Å². The molecule has 0 fully saturated rings. The van der Waals surface area contributed by atoms with Gasteiger partial charge in [0.25, 0.3) is 0 Å². The lowest BCUT2D eigenvalue weighted by Gasteiger charge is -2.26. The summed E-state index contributed by atoms with van der Waals surface area (Å²) >= 11 is 0. The van der Waals surface area contributed by atoms with E-state index in [0.717, 1.165) is 111 Å². The minimum Gasteiger partial charge on any atom is -0.456 e. The topological polar surface area (TPSA) is 37.7 Å². The third-order valence-electron chi connectivity index (χ3n) is 13.1. The van der Waals surface area contributed by atoms with Crippen molar-refractivity contribution in [2.75, 3.05) is 9.80 Å². The molecule has 5 nitrogen and oxygen atoms in total. The maximum Gasteiger partial charge on any atom is 0.138 e. The summed E-state index contributed by atoms with van der Waals surface area (Å²) in [6, 6.07) is 76.3. The molecule has 3 heterocycles. The Hall–Kier alpha value is -8.54. The number of hydrogen-bond donors (Lipinski definition) is 0. The van der Waals surface area contributed by atoms with Crippen molar-refractivity contribution in [1.82, 2.24) is 4.57 Å². The second-order valence-electron chi connectivity index (χ2n) is 17.1. The Bertz CT molecular complexity index is 3980. The van der Waals surface area contributed by atoms with Crippen molar-refractivity contribution < 1.29 is 8.83 Å². The maximum atomic E-state index is 6.39. The van der Waals surface area contributed by atoms with Crippen LogP contribution in [0.4, 0.5) is 34.1 Å². The summed E-state index contributed by atoms with van der Waals surface area (Å²) in [5.74, 6) is 0. The quantitative estimate of drug-likeness (QED) is 0.160. The predicted octanol–water partition coefficient (Wildman–Crippen LogP) is 17.3. The normalized spacial score (nSPS) is 11.8. The van der Waals surface area contributed by atoms with Gasteiger partial charge in [-0.15, -0.1) is 0 Å². The monoisotopic (exact) mass is 835 g/mol. The number of anilines is 6. The lowest BCUT2D eigenvalue weighted by molar-refractivity contribution is 0.665. The first-order valence-electron chi connectivity index (χ1n) is 22.2. The van der Waals surface area contributed by atoms with Crippen LogP contribution in [0, 0.1) is 13.8 Å². The summed E-state index contributed by atoms with van der Waals surface area (Å²) < 4.78 is 15.2. The molecule has 0 spiro atoms. The molecule has 308 valence electrons. The van der Waals surface area contributed by atoms with Gasteiger partial charge >= 0.3 is 0 Å². The molecular weight excluding hydrogens is 795 g/mol. The van der Waals surface area contributed by atoms with Crippen LogP contribution in [-0.2, 0) is 0 Å². The second-order valence-corrected chi connectivity index (χ2v) is 17.1. The minimum atomic E-state index is 0.885. The van der Waals surface area contributed by atoms with E-state index in [-0.39, 0.29) is 0 Å². The van der Waals surface area contributed by atoms with E-state index in [1.165, 1.54) is 16.2 Å². The van der Waals surface area contributed by atoms with E-state index in [4.69, 9.17) is 8.83 Å². The average Bonchev–Trinajstić information content (AvgIpc) is 4.02. The minimum absolute atomic E-state index is 0.885. The first kappa shape index (κ1) is 37.1. The second kappa shape index (κ2) is 14.5. The molecule has 0 aliphatic heterocycles. The van der Waals surface area contributed by atoms with Gasteiger partial charge in [0.1, 0.15) is 22.3 Å². The third kappa shape index (κ3) is 5.93. The van der Waals surface area contributed by atoms with Crippen LogP contribution in [0.5, 0.6) is 0 Å². The van der Waals surface area contributed by atoms with E-state index in [1.54, 1.807) is 0 Å². The Labute approximate surface area is 375 Å². The van der Waals surface area contributed by atoms with Gasteiger partial charge in [0, 0.05) is 72.1 Å². The van der Waals surface area contributed by atoms with Crippen molar-refractivity contribution >= 4 is 111 Å². The highest BCUT2D eigenvalue weighted by Gasteiger charge is 2.21. The van der Waals surface area contributed by atoms with E-state index in [0.29, 0.717) is 0 Å². The molecule has 13 rings (SSSR count). The summed E-state index contributed by atoms with van der Waals surface area (Å²) in [6.45, 7) is 4.21. The number of benzene rings is 10. The Morgan fingerprint density at radius 1 is 0.323 bits per heavy atom. The van der Waals surface area contributed by atoms with Crippen LogP contribution in [0.2, 0.25) is 0 Å². The highest BCUT2D eigenvalue weighted by molar-refractivity contribution is 6.15. The lowest BCUT2D eigenvalue weighted by Crippen LogP contribution is -2.10. The molecular formula is C60H41N3O2. The van der Waals surface area contributed by atoms with Gasteiger partial charge in [0.05, 0.1) is 11.0 Å². The molecule has 0 unspecified atom stereocenters. The number of para-hydroxylation sites is 5. The number of fused-ring (bicyclic) bond motifs is 10. The molecule has 5 heteroatoms. The zero-order valence-corrected chi connectivity index (χ0v) is 35.9. The SMILES string of the molecule is Cc1cccc2c1oc1ccc(N(c3ccccc3)c3ccc4cc5c6ccc(N(c7ccccc7)c7ccc8oc9c(C)cccc9c8c7)cc6n(-c6ccccc6)c5cc4c3)cc12. The molecule has 65 heavy (non-hydrogen) atoms. The van der Waals surface area contributed by atoms with Crippen LogP contribution in [0.25, 0.3) is 82.1 Å². The number of aryl methyl sites for hydroxylation is 2. The van der Waals surface area contributed by atoms with Crippen molar-refractivity contribution in [1.29, 1.82) is 0 Å². The van der Waals surface area contributed by atoms with Crippen LogP contribution in [-0.4, -0.2) is 4.57 Å². The van der Waals surface area contributed by atoms with Crippen molar-refractivity contribution in [2.45, 2.75) is 13.8 Å². The van der Waals surface area contributed by atoms with Crippen LogP contribution < -0.4 is 9.80 Å². The van der Waals surface area contributed by atoms with E-state index in [9.17, 15) is 0 Å². The molecule has 0 amide bonds. The van der Waals surface area contributed by atoms with Gasteiger partial charge in [-0.05, 0) is 145 Å². The standard InChI is InChI=1S/C60H41N3O2/c1-38-14-12-22-50-53-35-46(27-30-57(53)64-59(38)50)61(42-16-6-3-7-17-42)45-25-24-40-33-52-49-29-26-48(37-56(49)63(44-20-10-5-11-21-44)55(52)34-41(40)32-45)62(43-18-8-4-9-19-43)47-28-31-58-54(36-47)51-23-13-15-39(2)60(51)65-58/h3-37H,1-2H3. The van der Waals surface area contributed by atoms with Crippen molar-refractivity contribution in [2.24, 2.45) is 0 Å². The summed E-state index contributed by atoms with van der Waals surface area (Å²) in [4.78, 5) is 4.70. The van der Waals surface area contributed by atoms with Crippen LogP contribution >= 0.6 is 0 Å². The molecule has 0 N–H and O–H groups in total. The number of furan rings is 2. The summed E-state index contributed by atoms with van der Waals surface area (Å²) in [6.07, 6.45) is 0. The zero-order chi connectivity index (χ0) is 43.2. The van der Waals surface area contributed by atoms with Crippen LogP contribution in [0.3, 0.4) is 0 Å². The maximum absolute atomic E-state index is 6.39. The number of rotatable bonds is 7. The van der Waals surface area contributed by atoms with Gasteiger partial charge < -0.3 is 23.2 Å². The molecule has 3 aromatic heterocycles. The molecule has 0 saturated carbocycles. The molecule has 0 saturated heterocycles. The van der Waals surface area contributed by atoms with E-state index in [2.05, 4.69) is 241 Å². The van der Waals surface area contributed by atoms with Crippen LogP contribution in [0.1, 0.15) is 11.1 Å². The third-order valence-corrected chi connectivity index (χ3v) is 13.1. The molecule has 0 bridgehead atoms. The summed E-state index contributed by atoms with van der Waals surface area (Å²) in [5.41, 5.74) is 15.7. The van der Waals surface area contributed by atoms with E-state index in [1.807, 2.05) is 0 Å². The number of aromatic nitrogens is 1. The highest BCUT2D eigenvalue weighted by atomic mass is 16.3. The fourth-order valence-corrected chi connectivity index (χ4v) is 10.1. The average molecular weight is 836 g/mol. The van der Waals surface area contributed by atoms with Gasteiger partial charge in [0.15, 0.2) is 0 Å². The van der Waals surface area contributed by atoms with Crippen molar-refractivity contribution in [3.63, 3.8) is 0 Å². The molecule has 13 aromatic rings. The lowest BCUT2D eigenvalue weighted by atomic mass is 10.0. The fraction of sp³-hybridized carbons (Fsp3) is 0.0333. The van der Waals surface area contributed by atoms with Gasteiger partial charge in [-0.25, -0.2) is 0 Å². The smallest absolute Gasteiger partial charge is 0.138 e. The molecule has 0 aliphatic carbocycles. The number of nitrogens with zero attached hydrogens (tertiary/aromatic N) is 3. The van der Waals surface area contributed by atoms with Crippen LogP contribution in [0.15, 0.2) is 221 Å². The molecule has 0 radical (unpaired) electrons. The Balaban J connectivity index is 1.00. The summed E-state index contributed by atoms with van der Waals surface area (Å²) in [7, 11) is 0. The fourth-order valence-electron chi connectivity index (χ4n) is 10.1. The molecule has 0 aliphatic rings. The largest absolute Gasteiger partial charge is 0.456 e. The predicted molar refractivity (Wildman–Crippen MR) is 272 cm³/mol. The van der Waals surface area contributed by atoms with Crippen molar-refractivity contribution in [3.05, 3.63) is 223 Å². The molecule has 10 aromatic carbocycles. The number of hydrogen-bond acceptors (Lipinski definition) is 4. The summed E-state index contributed by atoms with van der Waals surface area (Å²) in [5, 5.41) is 9.19. The Morgan fingerprint density at radius 3 is 1.40 bits per heavy atom. The highest BCUT2D eigenvalue weighted by Crippen LogP contribution is 2.44. The first-order chi connectivity index (χ1) is 32.0. The van der Waals surface area contributed by atoms with E-state index < -0.39 is 0 Å². The van der Waals surface area contributed by atoms with Gasteiger partial charge in [-0.3, -0.25) is 0 Å². The van der Waals surface area contributed by atoms with Gasteiger partial charge in [0.2, 0.25) is 0 Å².